The summed E-state index contributed by atoms with van der Waals surface area (Å²) in [6.45, 7) is 1.96. The molecule has 1 atom stereocenters. The van der Waals surface area contributed by atoms with Gasteiger partial charge in [0.25, 0.3) is 0 Å². The summed E-state index contributed by atoms with van der Waals surface area (Å²) in [5, 5.41) is 17.7. The van der Waals surface area contributed by atoms with E-state index in [0.29, 0.717) is 22.2 Å². The summed E-state index contributed by atoms with van der Waals surface area (Å²) in [6, 6.07) is 13.6. The van der Waals surface area contributed by atoms with Crippen molar-refractivity contribution in [3.63, 3.8) is 0 Å². The molecule has 3 heterocycles. The highest BCUT2D eigenvalue weighted by Crippen LogP contribution is 2.30. The van der Waals surface area contributed by atoms with Crippen LogP contribution in [0.3, 0.4) is 0 Å². The van der Waals surface area contributed by atoms with Crippen molar-refractivity contribution >= 4 is 29.0 Å². The molecule has 1 aromatic carbocycles. The maximum absolute atomic E-state index is 9.34. The van der Waals surface area contributed by atoms with Crippen LogP contribution >= 0.6 is 11.6 Å². The first-order chi connectivity index (χ1) is 13.6. The van der Waals surface area contributed by atoms with Crippen LogP contribution in [0.1, 0.15) is 24.1 Å². The fourth-order valence-electron chi connectivity index (χ4n) is 2.96. The molecule has 4 N–H and O–H groups in total. The number of H-pyrrole nitrogens is 1. The number of hydrogen-bond acceptors (Lipinski definition) is 6. The second-order valence-electron chi connectivity index (χ2n) is 6.19. The third-order valence-corrected chi connectivity index (χ3v) is 4.58. The van der Waals surface area contributed by atoms with Gasteiger partial charge in [-0.05, 0) is 13.0 Å². The molecule has 0 saturated heterocycles. The van der Waals surface area contributed by atoms with E-state index in [4.69, 9.17) is 22.4 Å². The Kier molecular flexibility index (Phi) is 4.51. The molecule has 0 amide bonds. The Morgan fingerprint density at radius 3 is 2.86 bits per heavy atom. The summed E-state index contributed by atoms with van der Waals surface area (Å²) in [7, 11) is 0. The highest BCUT2D eigenvalue weighted by atomic mass is 35.5. The zero-order valence-electron chi connectivity index (χ0n) is 14.9. The van der Waals surface area contributed by atoms with E-state index in [1.54, 1.807) is 10.7 Å². The number of rotatable bonds is 4. The maximum Gasteiger partial charge on any atom is 0.389 e. The number of nitrogens with two attached hydrogens (primary N) is 1. The topological polar surface area (TPSA) is 119 Å². The molecule has 1 unspecified atom stereocenters. The van der Waals surface area contributed by atoms with Gasteiger partial charge in [0.2, 0.25) is 5.82 Å². The number of hydrogen-bond donors (Lipinski definition) is 2. The van der Waals surface area contributed by atoms with E-state index in [0.717, 1.165) is 16.8 Å². The molecule has 138 valence electrons. The highest BCUT2D eigenvalue weighted by Gasteiger charge is 2.20. The molecule has 0 spiro atoms. The first-order valence-corrected chi connectivity index (χ1v) is 8.89. The van der Waals surface area contributed by atoms with Gasteiger partial charge in [-0.3, -0.25) is 5.73 Å². The molecule has 0 bridgehead atoms. The standard InChI is InChI=1S/C19H15ClN8/c1-11(25-18-13(8-21)9-24-19(22)26-18)14-7-16-23-10-15(20)28(16)27-17(14)12-5-3-2-4-6-12/h2-7,9-11H,1H3,(H3,22,24,25,26)/p+1. The lowest BCUT2D eigenvalue weighted by Gasteiger charge is -2.18. The van der Waals surface area contributed by atoms with E-state index < -0.39 is 0 Å². The number of fused-ring (bicyclic) bond motifs is 1. The minimum Gasteiger partial charge on any atom is -0.349 e. The van der Waals surface area contributed by atoms with Gasteiger partial charge in [-0.1, -0.05) is 46.9 Å². The zero-order valence-corrected chi connectivity index (χ0v) is 15.6. The van der Waals surface area contributed by atoms with Crippen LogP contribution in [0.5, 0.6) is 0 Å². The van der Waals surface area contributed by atoms with Crippen LogP contribution in [0.25, 0.3) is 16.9 Å². The molecule has 9 heteroatoms. The molecule has 28 heavy (non-hydrogen) atoms. The number of aromatic amines is 1. The Bertz CT molecular complexity index is 1200. The lowest BCUT2D eigenvalue weighted by molar-refractivity contribution is -0.364. The molecule has 0 aliphatic rings. The Morgan fingerprint density at radius 2 is 2.11 bits per heavy atom. The van der Waals surface area contributed by atoms with Crippen LogP contribution < -0.4 is 16.0 Å². The van der Waals surface area contributed by atoms with Gasteiger partial charge in [0.1, 0.15) is 11.6 Å². The van der Waals surface area contributed by atoms with Gasteiger partial charge in [-0.25, -0.2) is 14.5 Å². The summed E-state index contributed by atoms with van der Waals surface area (Å²) in [5.41, 5.74) is 9.30. The molecule has 0 saturated carbocycles. The Labute approximate surface area is 165 Å². The Hall–Kier alpha value is -3.70. The zero-order chi connectivity index (χ0) is 19.7. The second-order valence-corrected chi connectivity index (χ2v) is 6.58. The number of nitrogens with one attached hydrogen (secondary N) is 2. The van der Waals surface area contributed by atoms with Crippen LogP contribution in [0.4, 0.5) is 11.8 Å². The number of halogens is 1. The summed E-state index contributed by atoms with van der Waals surface area (Å²) in [6.07, 6.45) is 3.08. The van der Waals surface area contributed by atoms with Crippen LogP contribution in [0, 0.1) is 11.3 Å². The number of nitrogens with zero attached hydrogens (tertiary/aromatic N) is 5. The smallest absolute Gasteiger partial charge is 0.349 e. The van der Waals surface area contributed by atoms with Crippen LogP contribution in [-0.2, 0) is 0 Å². The SMILES string of the molecule is CC(Nc1nc(N)[nH+]cc1C#N)c1cc2ncc(Cl)n2nc1-c1ccccc1. The first-order valence-electron chi connectivity index (χ1n) is 8.51. The van der Waals surface area contributed by atoms with E-state index >= 15 is 0 Å². The Balaban J connectivity index is 1.83. The van der Waals surface area contributed by atoms with Crippen molar-refractivity contribution in [3.05, 3.63) is 65.1 Å². The van der Waals surface area contributed by atoms with Crippen molar-refractivity contribution in [2.24, 2.45) is 0 Å². The van der Waals surface area contributed by atoms with Crippen molar-refractivity contribution in [1.82, 2.24) is 19.6 Å². The highest BCUT2D eigenvalue weighted by molar-refractivity contribution is 6.29. The summed E-state index contributed by atoms with van der Waals surface area (Å²) < 4.78 is 1.59. The maximum atomic E-state index is 9.34. The fraction of sp³-hybridized carbons (Fsp3) is 0.105. The lowest BCUT2D eigenvalue weighted by atomic mass is 10.0. The minimum atomic E-state index is -0.232. The number of aromatic nitrogens is 5. The predicted molar refractivity (Wildman–Crippen MR) is 105 cm³/mol. The molecule has 4 rings (SSSR count). The molecule has 0 fully saturated rings. The van der Waals surface area contributed by atoms with E-state index in [9.17, 15) is 5.26 Å². The third kappa shape index (κ3) is 3.19. The second kappa shape index (κ2) is 7.13. The number of anilines is 2. The first kappa shape index (κ1) is 17.7. The molecule has 0 aliphatic heterocycles. The fourth-order valence-corrected chi connectivity index (χ4v) is 3.13. The summed E-state index contributed by atoms with van der Waals surface area (Å²) in [5.74, 6) is 0.608. The Morgan fingerprint density at radius 1 is 1.32 bits per heavy atom. The quantitative estimate of drug-likeness (QED) is 0.552. The van der Waals surface area contributed by atoms with Gasteiger partial charge < -0.3 is 5.32 Å². The number of imidazole rings is 1. The molecule has 3 aromatic heterocycles. The van der Waals surface area contributed by atoms with Crippen molar-refractivity contribution in [2.75, 3.05) is 11.1 Å². The van der Waals surface area contributed by atoms with Crippen molar-refractivity contribution in [1.29, 1.82) is 5.26 Å². The predicted octanol–water partition coefficient (Wildman–Crippen LogP) is 2.89. The van der Waals surface area contributed by atoms with Crippen LogP contribution in [-0.4, -0.2) is 19.6 Å². The number of nitriles is 1. The number of benzene rings is 1. The van der Waals surface area contributed by atoms with Crippen molar-refractivity contribution < 1.29 is 4.98 Å². The molecule has 4 aromatic rings. The monoisotopic (exact) mass is 391 g/mol. The summed E-state index contributed by atoms with van der Waals surface area (Å²) >= 11 is 6.21. The van der Waals surface area contributed by atoms with E-state index in [1.165, 1.54) is 6.20 Å². The lowest BCUT2D eigenvalue weighted by Crippen LogP contribution is -2.18. The molecule has 8 nitrogen and oxygen atoms in total. The van der Waals surface area contributed by atoms with E-state index in [1.807, 2.05) is 43.3 Å². The van der Waals surface area contributed by atoms with Crippen molar-refractivity contribution in [3.8, 4) is 17.3 Å². The average molecular weight is 392 g/mol. The van der Waals surface area contributed by atoms with E-state index in [-0.39, 0.29) is 12.0 Å². The third-order valence-electron chi connectivity index (χ3n) is 4.32. The molecular weight excluding hydrogens is 376 g/mol. The molecular formula is C19H16ClN8+. The summed E-state index contributed by atoms with van der Waals surface area (Å²) in [4.78, 5) is 11.2. The van der Waals surface area contributed by atoms with Crippen LogP contribution in [0.15, 0.2) is 48.8 Å². The van der Waals surface area contributed by atoms with Gasteiger partial charge >= 0.3 is 5.95 Å². The van der Waals surface area contributed by atoms with E-state index in [2.05, 4.69) is 26.3 Å². The number of nitrogen functional groups attached to an aromatic ring is 1. The molecule has 0 radical (unpaired) electrons. The largest absolute Gasteiger partial charge is 0.389 e. The van der Waals surface area contributed by atoms with Gasteiger partial charge in [0.05, 0.1) is 24.1 Å². The molecule has 0 aliphatic carbocycles. The van der Waals surface area contributed by atoms with Gasteiger partial charge in [-0.15, -0.1) is 0 Å². The van der Waals surface area contributed by atoms with Gasteiger partial charge in [0.15, 0.2) is 10.8 Å². The van der Waals surface area contributed by atoms with Gasteiger partial charge in [0, 0.05) is 11.1 Å². The van der Waals surface area contributed by atoms with Crippen LogP contribution in [0.2, 0.25) is 5.15 Å². The average Bonchev–Trinajstić information content (AvgIpc) is 3.08. The normalized spacial score (nSPS) is 11.9. The van der Waals surface area contributed by atoms with Crippen molar-refractivity contribution in [2.45, 2.75) is 13.0 Å². The van der Waals surface area contributed by atoms with Gasteiger partial charge in [-0.2, -0.15) is 10.4 Å². The minimum absolute atomic E-state index is 0.214.